The molecule has 0 atom stereocenters. The zero-order valence-corrected chi connectivity index (χ0v) is 15.6. The van der Waals surface area contributed by atoms with Gasteiger partial charge in [0.05, 0.1) is 0 Å². The van der Waals surface area contributed by atoms with Crippen molar-refractivity contribution in [3.8, 4) is 0 Å². The van der Waals surface area contributed by atoms with Crippen molar-refractivity contribution in [2.24, 2.45) is 11.8 Å². The fourth-order valence-corrected chi connectivity index (χ4v) is 6.72. The summed E-state index contributed by atoms with van der Waals surface area (Å²) >= 11 is 2.24. The summed E-state index contributed by atoms with van der Waals surface area (Å²) in [5.74, 6) is -0.600. The second-order valence-corrected chi connectivity index (χ2v) is 11.8. The molecule has 0 radical (unpaired) electrons. The van der Waals surface area contributed by atoms with Gasteiger partial charge in [-0.05, 0) is 24.7 Å². The number of hydrogen-bond donors (Lipinski definition) is 0. The maximum atomic E-state index is 11.5. The smallest absolute Gasteiger partial charge is 0.784 e. The van der Waals surface area contributed by atoms with E-state index in [9.17, 15) is 9.46 Å². The molecule has 0 aliphatic carbocycles. The van der Waals surface area contributed by atoms with Crippen molar-refractivity contribution < 1.29 is 39.0 Å². The monoisotopic (exact) mass is 292 g/mol. The maximum absolute atomic E-state index is 11.5. The Morgan fingerprint density at radius 3 is 1.56 bits per heavy atom. The van der Waals surface area contributed by atoms with Crippen molar-refractivity contribution >= 4 is 28.5 Å². The number of hydrogen-bond acceptors (Lipinski definition) is 4. The average Bonchev–Trinajstić information content (AvgIpc) is 2.01. The normalized spacial score (nSPS) is 11.9. The van der Waals surface area contributed by atoms with Crippen LogP contribution < -0.4 is 34.5 Å². The first-order valence-corrected chi connectivity index (χ1v) is 10.2. The van der Waals surface area contributed by atoms with Crippen LogP contribution in [-0.4, -0.2) is 11.5 Å². The third-order valence-corrected chi connectivity index (χ3v) is 8.25. The first-order chi connectivity index (χ1) is 6.83. The molecule has 0 amide bonds. The third-order valence-electron chi connectivity index (χ3n) is 1.89. The van der Waals surface area contributed by atoms with Gasteiger partial charge in [-0.3, -0.25) is 0 Å². The molecule has 0 spiro atoms. The molecule has 0 fully saturated rings. The molecule has 0 aliphatic heterocycles. The van der Waals surface area contributed by atoms with Crippen LogP contribution in [0.5, 0.6) is 0 Å². The van der Waals surface area contributed by atoms with Gasteiger partial charge in [0.25, 0.3) is 0 Å². The molecule has 0 bridgehead atoms. The van der Waals surface area contributed by atoms with Crippen LogP contribution in [0.15, 0.2) is 0 Å². The molecule has 0 saturated heterocycles. The average molecular weight is 292 g/mol. The fourth-order valence-electron chi connectivity index (χ4n) is 0.838. The summed E-state index contributed by atoms with van der Waals surface area (Å²) in [5, 5.41) is 0. The summed E-state index contributed by atoms with van der Waals surface area (Å²) in [5.41, 5.74) is 0. The molecule has 0 heterocycles. The molecular formula is C10H22NaO2PS2. The Bertz CT molecular complexity index is 195. The van der Waals surface area contributed by atoms with Crippen LogP contribution >= 0.6 is 28.5 Å². The molecule has 6 heteroatoms. The van der Waals surface area contributed by atoms with E-state index in [2.05, 4.69) is 27.7 Å². The Morgan fingerprint density at radius 2 is 1.31 bits per heavy atom. The van der Waals surface area contributed by atoms with Crippen molar-refractivity contribution in [1.29, 1.82) is 0 Å². The van der Waals surface area contributed by atoms with Crippen molar-refractivity contribution in [2.75, 3.05) is 11.5 Å². The Balaban J connectivity index is 0. The van der Waals surface area contributed by atoms with Crippen molar-refractivity contribution in [3.05, 3.63) is 0 Å². The predicted octanol–water partition coefficient (Wildman–Crippen LogP) is 1.02. The quantitative estimate of drug-likeness (QED) is 0.495. The van der Waals surface area contributed by atoms with Crippen LogP contribution in [0.2, 0.25) is 0 Å². The van der Waals surface area contributed by atoms with E-state index >= 15 is 0 Å². The molecule has 0 saturated carbocycles. The molecule has 0 N–H and O–H groups in total. The zero-order valence-electron chi connectivity index (χ0n) is 11.1. The Labute approximate surface area is 130 Å². The molecule has 92 valence electrons. The van der Waals surface area contributed by atoms with Crippen LogP contribution in [0.3, 0.4) is 0 Å². The van der Waals surface area contributed by atoms with E-state index in [1.165, 1.54) is 0 Å². The second kappa shape index (κ2) is 10.8. The molecule has 0 aromatic rings. The van der Waals surface area contributed by atoms with Crippen LogP contribution in [0, 0.1) is 11.8 Å². The predicted molar refractivity (Wildman–Crippen MR) is 71.4 cm³/mol. The third kappa shape index (κ3) is 14.0. The zero-order chi connectivity index (χ0) is 11.9. The first-order valence-electron chi connectivity index (χ1n) is 5.43. The van der Waals surface area contributed by atoms with E-state index in [1.807, 2.05) is 0 Å². The van der Waals surface area contributed by atoms with Gasteiger partial charge in [0.2, 0.25) is 0 Å². The van der Waals surface area contributed by atoms with E-state index in [0.717, 1.165) is 47.1 Å². The van der Waals surface area contributed by atoms with Crippen molar-refractivity contribution in [2.45, 2.75) is 40.5 Å². The SMILES string of the molecule is CC(C)CCSP(=O)([O-])SCCC(C)C.[Na+]. The fraction of sp³-hybridized carbons (Fsp3) is 1.00. The summed E-state index contributed by atoms with van der Waals surface area (Å²) in [6.07, 6.45) is 1.95. The van der Waals surface area contributed by atoms with Crippen LogP contribution in [0.4, 0.5) is 0 Å². The summed E-state index contributed by atoms with van der Waals surface area (Å²) in [6, 6.07) is 0. The van der Waals surface area contributed by atoms with E-state index in [-0.39, 0.29) is 29.6 Å². The minimum Gasteiger partial charge on any atom is -0.784 e. The summed E-state index contributed by atoms with van der Waals surface area (Å²) in [7, 11) is 0. The molecule has 16 heavy (non-hydrogen) atoms. The van der Waals surface area contributed by atoms with E-state index in [1.54, 1.807) is 0 Å². The van der Waals surface area contributed by atoms with E-state index in [0.29, 0.717) is 11.8 Å². The molecule has 0 aliphatic rings. The molecule has 0 aromatic heterocycles. The Morgan fingerprint density at radius 1 is 1.00 bits per heavy atom. The van der Waals surface area contributed by atoms with Gasteiger partial charge in [-0.1, -0.05) is 27.7 Å². The van der Waals surface area contributed by atoms with Crippen molar-refractivity contribution in [1.82, 2.24) is 0 Å². The van der Waals surface area contributed by atoms with Crippen LogP contribution in [-0.2, 0) is 4.57 Å². The summed E-state index contributed by atoms with van der Waals surface area (Å²) < 4.78 is 11.5. The topological polar surface area (TPSA) is 40.1 Å². The standard InChI is InChI=1S/C10H23O2PS2.Na/c1-9(2)5-7-14-13(11,12)15-8-6-10(3)4;/h9-10H,5-8H2,1-4H3,(H,11,12);/q;+1/p-1. The Hall–Kier alpha value is 1.89. The molecule has 0 rings (SSSR count). The van der Waals surface area contributed by atoms with Crippen molar-refractivity contribution in [3.63, 3.8) is 0 Å². The van der Waals surface area contributed by atoms with Gasteiger partial charge in [-0.2, -0.15) is 0 Å². The molecule has 0 unspecified atom stereocenters. The first kappa shape index (κ1) is 20.2. The molecular weight excluding hydrogens is 270 g/mol. The van der Waals surface area contributed by atoms with Crippen LogP contribution in [0.25, 0.3) is 0 Å². The van der Waals surface area contributed by atoms with Gasteiger partial charge in [0, 0.05) is 11.5 Å². The number of rotatable bonds is 8. The molecule has 2 nitrogen and oxygen atoms in total. The largest absolute Gasteiger partial charge is 1.00 e. The Kier molecular flexibility index (Phi) is 13.6. The maximum Gasteiger partial charge on any atom is 1.00 e. The van der Waals surface area contributed by atoms with E-state index in [4.69, 9.17) is 0 Å². The minimum atomic E-state index is -3.22. The van der Waals surface area contributed by atoms with Gasteiger partial charge in [0.1, 0.15) is 5.77 Å². The van der Waals surface area contributed by atoms with E-state index < -0.39 is 5.77 Å². The van der Waals surface area contributed by atoms with Gasteiger partial charge >= 0.3 is 29.6 Å². The minimum absolute atomic E-state index is 0. The van der Waals surface area contributed by atoms with Crippen LogP contribution in [0.1, 0.15) is 40.5 Å². The van der Waals surface area contributed by atoms with Gasteiger partial charge in [-0.15, -0.1) is 22.8 Å². The van der Waals surface area contributed by atoms with Gasteiger partial charge in [0.15, 0.2) is 0 Å². The summed E-state index contributed by atoms with van der Waals surface area (Å²) in [4.78, 5) is 11.5. The second-order valence-electron chi connectivity index (χ2n) is 4.48. The summed E-state index contributed by atoms with van der Waals surface area (Å²) in [6.45, 7) is 8.45. The molecule has 0 aromatic carbocycles. The van der Waals surface area contributed by atoms with Gasteiger partial charge in [-0.25, -0.2) is 0 Å². The van der Waals surface area contributed by atoms with Gasteiger partial charge < -0.3 is 9.46 Å².